The fraction of sp³-hybridized carbons (Fsp3) is 0.455. The van der Waals surface area contributed by atoms with Gasteiger partial charge < -0.3 is 4.74 Å². The first-order valence-electron chi connectivity index (χ1n) is 4.83. The third-order valence-corrected chi connectivity index (χ3v) is 3.02. The smallest absolute Gasteiger partial charge is 0.165 e. The Kier molecular flexibility index (Phi) is 5.88. The van der Waals surface area contributed by atoms with Crippen LogP contribution >= 0.6 is 23.4 Å². The van der Waals surface area contributed by atoms with Gasteiger partial charge in [-0.15, -0.1) is 11.6 Å². The third-order valence-electron chi connectivity index (χ3n) is 1.87. The van der Waals surface area contributed by atoms with Crippen molar-refractivity contribution in [3.63, 3.8) is 0 Å². The van der Waals surface area contributed by atoms with Crippen molar-refractivity contribution < 1.29 is 9.13 Å². The highest BCUT2D eigenvalue weighted by molar-refractivity contribution is 7.99. The summed E-state index contributed by atoms with van der Waals surface area (Å²) in [5.74, 6) is 2.14. The van der Waals surface area contributed by atoms with E-state index in [1.54, 1.807) is 23.9 Å². The van der Waals surface area contributed by atoms with Crippen LogP contribution in [0.2, 0.25) is 0 Å². The zero-order valence-corrected chi connectivity index (χ0v) is 10.2. The van der Waals surface area contributed by atoms with Crippen LogP contribution in [0, 0.1) is 5.82 Å². The largest absolute Gasteiger partial charge is 0.489 e. The molecule has 4 heteroatoms. The molecule has 0 aliphatic rings. The van der Waals surface area contributed by atoms with Gasteiger partial charge in [-0.05, 0) is 11.8 Å². The van der Waals surface area contributed by atoms with E-state index in [1.165, 1.54) is 6.07 Å². The first kappa shape index (κ1) is 12.7. The van der Waals surface area contributed by atoms with Gasteiger partial charge in [0.15, 0.2) is 11.6 Å². The number of alkyl halides is 1. The molecule has 0 aromatic heterocycles. The number of thioether (sulfide) groups is 1. The molecule has 0 fully saturated rings. The predicted octanol–water partition coefficient (Wildman–Crippen LogP) is 3.70. The average Bonchev–Trinajstić information content (AvgIpc) is 2.26. The van der Waals surface area contributed by atoms with Crippen LogP contribution in [0.25, 0.3) is 0 Å². The maximum atomic E-state index is 13.4. The molecule has 0 unspecified atom stereocenters. The Balaban J connectivity index is 2.58. The Bertz CT molecular complexity index is 307. The van der Waals surface area contributed by atoms with E-state index in [1.807, 2.05) is 0 Å². The van der Waals surface area contributed by atoms with Crippen LogP contribution < -0.4 is 4.74 Å². The number of benzene rings is 1. The van der Waals surface area contributed by atoms with Crippen molar-refractivity contribution in [3.05, 3.63) is 29.6 Å². The number of hydrogen-bond donors (Lipinski definition) is 0. The predicted molar refractivity (Wildman–Crippen MR) is 64.5 cm³/mol. The summed E-state index contributed by atoms with van der Waals surface area (Å²) in [5.41, 5.74) is 0.707. The molecule has 0 heterocycles. The quantitative estimate of drug-likeness (QED) is 0.561. The minimum Gasteiger partial charge on any atom is -0.489 e. The average molecular weight is 249 g/mol. The Morgan fingerprint density at radius 3 is 2.93 bits per heavy atom. The molecule has 15 heavy (non-hydrogen) atoms. The minimum atomic E-state index is -0.338. The van der Waals surface area contributed by atoms with Crippen LogP contribution in [-0.2, 0) is 5.88 Å². The van der Waals surface area contributed by atoms with Crippen molar-refractivity contribution in [2.24, 2.45) is 0 Å². The Morgan fingerprint density at radius 2 is 2.27 bits per heavy atom. The van der Waals surface area contributed by atoms with Crippen molar-refractivity contribution in [1.29, 1.82) is 0 Å². The highest BCUT2D eigenvalue weighted by atomic mass is 35.5. The standard InChI is InChI=1S/C11H14ClFOS/c1-2-15-7-6-14-11-9(8-12)4-3-5-10(11)13/h3-5H,2,6-8H2,1H3. The maximum Gasteiger partial charge on any atom is 0.165 e. The van der Waals surface area contributed by atoms with Gasteiger partial charge in [0.2, 0.25) is 0 Å². The highest BCUT2D eigenvalue weighted by Crippen LogP contribution is 2.24. The molecule has 1 aromatic carbocycles. The number of rotatable bonds is 6. The van der Waals surface area contributed by atoms with Gasteiger partial charge >= 0.3 is 0 Å². The Labute approximate surface area is 99.0 Å². The lowest BCUT2D eigenvalue weighted by Crippen LogP contribution is -2.04. The van der Waals surface area contributed by atoms with E-state index in [4.69, 9.17) is 16.3 Å². The van der Waals surface area contributed by atoms with Crippen molar-refractivity contribution in [2.45, 2.75) is 12.8 Å². The summed E-state index contributed by atoms with van der Waals surface area (Å²) in [6, 6.07) is 4.80. The van der Waals surface area contributed by atoms with Crippen LogP contribution in [0.5, 0.6) is 5.75 Å². The van der Waals surface area contributed by atoms with Crippen LogP contribution in [-0.4, -0.2) is 18.1 Å². The van der Waals surface area contributed by atoms with Gasteiger partial charge in [0.25, 0.3) is 0 Å². The molecule has 0 amide bonds. The lowest BCUT2D eigenvalue weighted by atomic mass is 10.2. The molecular formula is C11H14ClFOS. The SMILES string of the molecule is CCSCCOc1c(F)cccc1CCl. The summed E-state index contributed by atoms with van der Waals surface area (Å²) in [6.07, 6.45) is 0. The molecule has 0 atom stereocenters. The van der Waals surface area contributed by atoms with Gasteiger partial charge in [-0.1, -0.05) is 19.1 Å². The van der Waals surface area contributed by atoms with E-state index in [9.17, 15) is 4.39 Å². The second kappa shape index (κ2) is 6.96. The topological polar surface area (TPSA) is 9.23 Å². The molecular weight excluding hydrogens is 235 g/mol. The van der Waals surface area contributed by atoms with E-state index >= 15 is 0 Å². The Hall–Kier alpha value is -0.410. The minimum absolute atomic E-state index is 0.272. The number of halogens is 2. The summed E-state index contributed by atoms with van der Waals surface area (Å²) >= 11 is 7.46. The number of para-hydroxylation sites is 1. The van der Waals surface area contributed by atoms with Crippen molar-refractivity contribution in [3.8, 4) is 5.75 Å². The van der Waals surface area contributed by atoms with Gasteiger partial charge in [0.05, 0.1) is 12.5 Å². The van der Waals surface area contributed by atoms with Crippen LogP contribution in [0.15, 0.2) is 18.2 Å². The summed E-state index contributed by atoms with van der Waals surface area (Å²) in [4.78, 5) is 0. The molecule has 0 N–H and O–H groups in total. The first-order chi connectivity index (χ1) is 7.29. The summed E-state index contributed by atoms with van der Waals surface area (Å²) in [6.45, 7) is 2.60. The van der Waals surface area contributed by atoms with Gasteiger partial charge in [0.1, 0.15) is 0 Å². The Morgan fingerprint density at radius 1 is 1.47 bits per heavy atom. The van der Waals surface area contributed by atoms with E-state index in [0.29, 0.717) is 17.9 Å². The molecule has 0 bridgehead atoms. The number of ether oxygens (including phenoxy) is 1. The fourth-order valence-electron chi connectivity index (χ4n) is 1.17. The fourth-order valence-corrected chi connectivity index (χ4v) is 1.87. The molecule has 1 nitrogen and oxygen atoms in total. The van der Waals surface area contributed by atoms with Gasteiger partial charge in [-0.3, -0.25) is 0 Å². The third kappa shape index (κ3) is 3.92. The van der Waals surface area contributed by atoms with E-state index < -0.39 is 0 Å². The first-order valence-corrected chi connectivity index (χ1v) is 6.52. The normalized spacial score (nSPS) is 10.3. The molecule has 1 rings (SSSR count). The van der Waals surface area contributed by atoms with E-state index in [0.717, 1.165) is 11.5 Å². The second-order valence-corrected chi connectivity index (χ2v) is 4.57. The highest BCUT2D eigenvalue weighted by Gasteiger charge is 2.08. The summed E-state index contributed by atoms with van der Waals surface area (Å²) in [5, 5.41) is 0. The zero-order chi connectivity index (χ0) is 11.1. The van der Waals surface area contributed by atoms with Crippen LogP contribution in [0.3, 0.4) is 0 Å². The molecule has 0 aliphatic carbocycles. The van der Waals surface area contributed by atoms with E-state index in [-0.39, 0.29) is 11.7 Å². The summed E-state index contributed by atoms with van der Waals surface area (Å²) < 4.78 is 18.7. The van der Waals surface area contributed by atoms with Crippen molar-refractivity contribution >= 4 is 23.4 Å². The van der Waals surface area contributed by atoms with Gasteiger partial charge in [0, 0.05) is 11.3 Å². The zero-order valence-electron chi connectivity index (χ0n) is 8.63. The molecule has 1 aromatic rings. The molecule has 0 aliphatic heterocycles. The van der Waals surface area contributed by atoms with Crippen molar-refractivity contribution in [2.75, 3.05) is 18.1 Å². The van der Waals surface area contributed by atoms with Crippen molar-refractivity contribution in [1.82, 2.24) is 0 Å². The maximum absolute atomic E-state index is 13.4. The van der Waals surface area contributed by atoms with Gasteiger partial charge in [-0.2, -0.15) is 11.8 Å². The van der Waals surface area contributed by atoms with Crippen LogP contribution in [0.4, 0.5) is 4.39 Å². The molecule has 84 valence electrons. The molecule has 0 radical (unpaired) electrons. The van der Waals surface area contributed by atoms with Gasteiger partial charge in [-0.25, -0.2) is 4.39 Å². The molecule has 0 spiro atoms. The van der Waals surface area contributed by atoms with Crippen LogP contribution in [0.1, 0.15) is 12.5 Å². The number of hydrogen-bond acceptors (Lipinski definition) is 2. The lowest BCUT2D eigenvalue weighted by molar-refractivity contribution is 0.322. The summed E-state index contributed by atoms with van der Waals surface area (Å²) in [7, 11) is 0. The molecule has 0 saturated carbocycles. The van der Waals surface area contributed by atoms with E-state index in [2.05, 4.69) is 6.92 Å². The monoisotopic (exact) mass is 248 g/mol. The molecule has 0 saturated heterocycles. The lowest BCUT2D eigenvalue weighted by Gasteiger charge is -2.10. The second-order valence-electron chi connectivity index (χ2n) is 2.91.